The molecule has 1 aliphatic heterocycles. The molecule has 1 N–H and O–H groups in total. The predicted octanol–water partition coefficient (Wildman–Crippen LogP) is 3.55. The minimum atomic E-state index is -0.211. The van der Waals surface area contributed by atoms with Gasteiger partial charge in [-0.05, 0) is 31.4 Å². The molecule has 3 heterocycles. The van der Waals surface area contributed by atoms with Gasteiger partial charge in [0.05, 0.1) is 28.9 Å². The van der Waals surface area contributed by atoms with E-state index < -0.39 is 0 Å². The average Bonchev–Trinajstić information content (AvgIpc) is 3.28. The van der Waals surface area contributed by atoms with Crippen LogP contribution in [0.2, 0.25) is 5.02 Å². The van der Waals surface area contributed by atoms with Crippen LogP contribution in [-0.4, -0.2) is 32.5 Å². The lowest BCUT2D eigenvalue weighted by Gasteiger charge is -2.12. The number of ether oxygens (including phenoxy) is 1. The van der Waals surface area contributed by atoms with E-state index in [1.165, 1.54) is 11.8 Å². The van der Waals surface area contributed by atoms with E-state index in [0.717, 1.165) is 41.6 Å². The van der Waals surface area contributed by atoms with Gasteiger partial charge in [-0.25, -0.2) is 9.89 Å². The van der Waals surface area contributed by atoms with Crippen molar-refractivity contribution in [2.45, 2.75) is 43.3 Å². The van der Waals surface area contributed by atoms with Gasteiger partial charge < -0.3 is 4.74 Å². The normalized spacial score (nSPS) is 17.2. The molecule has 0 saturated carbocycles. The second kappa shape index (κ2) is 7.42. The number of benzene rings is 1. The number of aromatic nitrogens is 4. The fourth-order valence-electron chi connectivity index (χ4n) is 3.21. The smallest absolute Gasteiger partial charge is 0.344 e. The standard InChI is InChI=1S/C18H19ClN4O2S/c1-11-13-6-2-3-7-14(13)20-15(16(11)19)10-26-18-22-21-17(24)23(18)9-12-5-4-8-25-12/h2-3,6-7,12H,4-5,8-10H2,1H3,(H,21,24)/t12-/m1/s1. The Bertz CT molecular complexity index is 995. The Morgan fingerprint density at radius 3 is 3.08 bits per heavy atom. The van der Waals surface area contributed by atoms with Crippen molar-refractivity contribution in [2.75, 3.05) is 6.61 Å². The van der Waals surface area contributed by atoms with Gasteiger partial charge in [0.25, 0.3) is 0 Å². The minimum Gasteiger partial charge on any atom is -0.376 e. The molecule has 3 aromatic rings. The highest BCUT2D eigenvalue weighted by Crippen LogP contribution is 2.30. The molecular weight excluding hydrogens is 372 g/mol. The third-order valence-corrected chi connectivity index (χ3v) is 6.11. The number of H-pyrrole nitrogens is 1. The number of rotatable bonds is 5. The Morgan fingerprint density at radius 1 is 1.42 bits per heavy atom. The molecule has 4 rings (SSSR count). The summed E-state index contributed by atoms with van der Waals surface area (Å²) in [5.41, 5.74) is 2.53. The summed E-state index contributed by atoms with van der Waals surface area (Å²) in [5.74, 6) is 0.542. The Kier molecular flexibility index (Phi) is 5.02. The molecule has 0 aliphatic carbocycles. The highest BCUT2D eigenvalue weighted by molar-refractivity contribution is 7.98. The van der Waals surface area contributed by atoms with E-state index in [0.29, 0.717) is 22.5 Å². The van der Waals surface area contributed by atoms with Gasteiger partial charge >= 0.3 is 5.69 Å². The number of nitrogens with zero attached hydrogens (tertiary/aromatic N) is 3. The summed E-state index contributed by atoms with van der Waals surface area (Å²) < 4.78 is 7.28. The van der Waals surface area contributed by atoms with Gasteiger partial charge in [0.2, 0.25) is 0 Å². The first kappa shape index (κ1) is 17.6. The summed E-state index contributed by atoms with van der Waals surface area (Å²) in [4.78, 5) is 16.8. The molecule has 6 nitrogen and oxygen atoms in total. The molecular formula is C18H19ClN4O2S. The lowest BCUT2D eigenvalue weighted by Crippen LogP contribution is -2.25. The zero-order valence-electron chi connectivity index (χ0n) is 14.4. The molecule has 1 aliphatic rings. The van der Waals surface area contributed by atoms with Gasteiger partial charge in [0.1, 0.15) is 0 Å². The van der Waals surface area contributed by atoms with E-state index in [-0.39, 0.29) is 11.8 Å². The molecule has 0 amide bonds. The molecule has 1 fully saturated rings. The number of halogens is 1. The Labute approximate surface area is 159 Å². The first-order valence-corrected chi connectivity index (χ1v) is 9.93. The number of pyridine rings is 1. The molecule has 136 valence electrons. The second-order valence-corrected chi connectivity index (χ2v) is 7.68. The van der Waals surface area contributed by atoms with Crippen LogP contribution < -0.4 is 5.69 Å². The van der Waals surface area contributed by atoms with Crippen LogP contribution in [0.3, 0.4) is 0 Å². The number of aromatic amines is 1. The van der Waals surface area contributed by atoms with Crippen LogP contribution in [0, 0.1) is 6.92 Å². The molecule has 0 bridgehead atoms. The van der Waals surface area contributed by atoms with E-state index in [1.807, 2.05) is 31.2 Å². The molecule has 8 heteroatoms. The van der Waals surface area contributed by atoms with Gasteiger partial charge in [-0.15, -0.1) is 5.10 Å². The number of hydrogen-bond acceptors (Lipinski definition) is 5. The van der Waals surface area contributed by atoms with Crippen molar-refractivity contribution < 1.29 is 4.74 Å². The number of hydrogen-bond donors (Lipinski definition) is 1. The third-order valence-electron chi connectivity index (χ3n) is 4.62. The minimum absolute atomic E-state index is 0.0780. The van der Waals surface area contributed by atoms with E-state index in [2.05, 4.69) is 15.2 Å². The maximum atomic E-state index is 12.1. The van der Waals surface area contributed by atoms with Crippen LogP contribution in [0.1, 0.15) is 24.1 Å². The van der Waals surface area contributed by atoms with Gasteiger partial charge in [0.15, 0.2) is 5.16 Å². The summed E-state index contributed by atoms with van der Waals surface area (Å²) in [6.07, 6.45) is 2.09. The molecule has 1 saturated heterocycles. The van der Waals surface area contributed by atoms with Gasteiger partial charge in [0, 0.05) is 17.7 Å². The Morgan fingerprint density at radius 2 is 2.27 bits per heavy atom. The van der Waals surface area contributed by atoms with Crippen LogP contribution in [0.4, 0.5) is 0 Å². The SMILES string of the molecule is Cc1c(Cl)c(CSc2n[nH]c(=O)n2C[C@H]2CCCO2)nc2ccccc12. The monoisotopic (exact) mass is 390 g/mol. The molecule has 26 heavy (non-hydrogen) atoms. The molecule has 1 aromatic carbocycles. The maximum Gasteiger partial charge on any atom is 0.344 e. The van der Waals surface area contributed by atoms with Crippen LogP contribution in [0.5, 0.6) is 0 Å². The number of para-hydroxylation sites is 1. The second-order valence-electron chi connectivity index (χ2n) is 6.36. The first-order chi connectivity index (χ1) is 12.6. The molecule has 0 radical (unpaired) electrons. The fraction of sp³-hybridized carbons (Fsp3) is 0.389. The molecule has 1 atom stereocenters. The predicted molar refractivity (Wildman–Crippen MR) is 103 cm³/mol. The molecule has 0 spiro atoms. The van der Waals surface area contributed by atoms with Gasteiger partial charge in [-0.2, -0.15) is 0 Å². The van der Waals surface area contributed by atoms with Crippen LogP contribution in [0.15, 0.2) is 34.2 Å². The van der Waals surface area contributed by atoms with E-state index in [9.17, 15) is 4.79 Å². The van der Waals surface area contributed by atoms with E-state index >= 15 is 0 Å². The number of fused-ring (bicyclic) bond motifs is 1. The summed E-state index contributed by atoms with van der Waals surface area (Å²) in [6.45, 7) is 3.29. The van der Waals surface area contributed by atoms with Crippen molar-refractivity contribution in [3.8, 4) is 0 Å². The van der Waals surface area contributed by atoms with E-state index in [1.54, 1.807) is 4.57 Å². The van der Waals surface area contributed by atoms with Gasteiger partial charge in [-0.1, -0.05) is 41.6 Å². The quantitative estimate of drug-likeness (QED) is 0.674. The molecule has 2 aromatic heterocycles. The zero-order valence-corrected chi connectivity index (χ0v) is 15.9. The third kappa shape index (κ3) is 3.39. The van der Waals surface area contributed by atoms with Crippen molar-refractivity contribution in [3.05, 3.63) is 51.0 Å². The van der Waals surface area contributed by atoms with Crippen molar-refractivity contribution >= 4 is 34.3 Å². The highest BCUT2D eigenvalue weighted by Gasteiger charge is 2.20. The fourth-order valence-corrected chi connectivity index (χ4v) is 4.40. The highest BCUT2D eigenvalue weighted by atomic mass is 35.5. The summed E-state index contributed by atoms with van der Waals surface area (Å²) in [7, 11) is 0. The largest absolute Gasteiger partial charge is 0.376 e. The summed E-state index contributed by atoms with van der Waals surface area (Å²) in [6, 6.07) is 7.95. The maximum absolute atomic E-state index is 12.1. The van der Waals surface area contributed by atoms with E-state index in [4.69, 9.17) is 16.3 Å². The lowest BCUT2D eigenvalue weighted by molar-refractivity contribution is 0.0941. The van der Waals surface area contributed by atoms with Crippen molar-refractivity contribution in [3.63, 3.8) is 0 Å². The van der Waals surface area contributed by atoms with Gasteiger partial charge in [-0.3, -0.25) is 9.55 Å². The Hall–Kier alpha value is -1.83. The number of aryl methyl sites for hydroxylation is 1. The number of nitrogens with one attached hydrogen (secondary N) is 1. The molecule has 0 unspecified atom stereocenters. The zero-order chi connectivity index (χ0) is 18.1. The lowest BCUT2D eigenvalue weighted by atomic mass is 10.1. The van der Waals surface area contributed by atoms with Crippen molar-refractivity contribution in [1.29, 1.82) is 0 Å². The summed E-state index contributed by atoms with van der Waals surface area (Å²) in [5, 5.41) is 9.04. The van der Waals surface area contributed by atoms with Crippen LogP contribution >= 0.6 is 23.4 Å². The number of thioether (sulfide) groups is 1. The Balaban J connectivity index is 1.57. The van der Waals surface area contributed by atoms with Crippen LogP contribution in [0.25, 0.3) is 10.9 Å². The van der Waals surface area contributed by atoms with Crippen molar-refractivity contribution in [2.24, 2.45) is 0 Å². The average molecular weight is 391 g/mol. The van der Waals surface area contributed by atoms with Crippen LogP contribution in [-0.2, 0) is 17.0 Å². The van der Waals surface area contributed by atoms with Crippen molar-refractivity contribution in [1.82, 2.24) is 19.7 Å². The summed E-state index contributed by atoms with van der Waals surface area (Å²) >= 11 is 7.98. The topological polar surface area (TPSA) is 72.8 Å². The first-order valence-electron chi connectivity index (χ1n) is 8.57.